The van der Waals surface area contributed by atoms with Gasteiger partial charge in [0.1, 0.15) is 5.65 Å². The fraction of sp³-hybridized carbons (Fsp3) is 0.222. The van der Waals surface area contributed by atoms with E-state index < -0.39 is 0 Å². The lowest BCUT2D eigenvalue weighted by Gasteiger charge is -2.08. The van der Waals surface area contributed by atoms with E-state index >= 15 is 0 Å². The quantitative estimate of drug-likeness (QED) is 0.688. The molecular formula is C18H18N2O2. The summed E-state index contributed by atoms with van der Waals surface area (Å²) in [5, 5.41) is 0. The van der Waals surface area contributed by atoms with Crippen molar-refractivity contribution in [2.75, 3.05) is 7.11 Å². The highest BCUT2D eigenvalue weighted by Gasteiger charge is 2.12. The number of fused-ring (bicyclic) bond motifs is 1. The van der Waals surface area contributed by atoms with E-state index in [0.717, 1.165) is 29.6 Å². The molecule has 0 unspecified atom stereocenters. The Morgan fingerprint density at radius 2 is 2.05 bits per heavy atom. The van der Waals surface area contributed by atoms with Gasteiger partial charge in [0.25, 0.3) is 0 Å². The number of methoxy groups -OCH3 is 1. The number of ether oxygens (including phenoxy) is 1. The minimum atomic E-state index is -0.348. The monoisotopic (exact) mass is 294 g/mol. The van der Waals surface area contributed by atoms with Gasteiger partial charge >= 0.3 is 5.97 Å². The Balaban J connectivity index is 2.11. The Morgan fingerprint density at radius 3 is 2.73 bits per heavy atom. The molecule has 4 nitrogen and oxygen atoms in total. The summed E-state index contributed by atoms with van der Waals surface area (Å²) in [7, 11) is 1.39. The zero-order valence-electron chi connectivity index (χ0n) is 12.7. The number of rotatable bonds is 4. The molecule has 0 saturated heterocycles. The van der Waals surface area contributed by atoms with Gasteiger partial charge in [0.15, 0.2) is 0 Å². The molecule has 0 saturated carbocycles. The topological polar surface area (TPSA) is 43.6 Å². The minimum Gasteiger partial charge on any atom is -0.465 e. The predicted octanol–water partition coefficient (Wildman–Crippen LogP) is 3.74. The second-order valence-electron chi connectivity index (χ2n) is 5.24. The summed E-state index contributed by atoms with van der Waals surface area (Å²) in [6, 6.07) is 10.3. The van der Waals surface area contributed by atoms with Gasteiger partial charge in [-0.05, 0) is 23.6 Å². The van der Waals surface area contributed by atoms with Crippen LogP contribution >= 0.6 is 0 Å². The summed E-state index contributed by atoms with van der Waals surface area (Å²) >= 11 is 0. The SMILES string of the molecule is CCCc1ccc(-c2cc(C(=O)OC)cn3ccnc23)cc1. The van der Waals surface area contributed by atoms with Crippen LogP contribution in [0.1, 0.15) is 29.3 Å². The number of imidazole rings is 1. The molecule has 0 fully saturated rings. The van der Waals surface area contributed by atoms with Gasteiger partial charge < -0.3 is 9.14 Å². The number of carbonyl (C=O) groups is 1. The molecule has 0 aliphatic heterocycles. The Labute approximate surface area is 129 Å². The van der Waals surface area contributed by atoms with E-state index in [1.807, 2.05) is 16.7 Å². The number of hydrogen-bond donors (Lipinski definition) is 0. The van der Waals surface area contributed by atoms with Crippen LogP contribution < -0.4 is 0 Å². The minimum absolute atomic E-state index is 0.348. The first-order valence-corrected chi connectivity index (χ1v) is 7.37. The fourth-order valence-corrected chi connectivity index (χ4v) is 2.61. The van der Waals surface area contributed by atoms with Gasteiger partial charge in [0.2, 0.25) is 0 Å². The standard InChI is InChI=1S/C18H18N2O2/c1-3-4-13-5-7-14(8-6-13)16-11-15(18(21)22-2)12-20-10-9-19-17(16)20/h5-12H,3-4H2,1-2H3. The van der Waals surface area contributed by atoms with Crippen LogP contribution in [-0.4, -0.2) is 22.5 Å². The van der Waals surface area contributed by atoms with Gasteiger partial charge in [-0.25, -0.2) is 9.78 Å². The van der Waals surface area contributed by atoms with Crippen LogP contribution in [0.4, 0.5) is 0 Å². The van der Waals surface area contributed by atoms with Crippen LogP contribution in [-0.2, 0) is 11.2 Å². The highest BCUT2D eigenvalue weighted by Crippen LogP contribution is 2.26. The number of pyridine rings is 1. The second-order valence-corrected chi connectivity index (χ2v) is 5.24. The Bertz CT molecular complexity index is 804. The fourth-order valence-electron chi connectivity index (χ4n) is 2.61. The Kier molecular flexibility index (Phi) is 3.92. The molecular weight excluding hydrogens is 276 g/mol. The van der Waals surface area contributed by atoms with E-state index in [9.17, 15) is 4.79 Å². The zero-order chi connectivity index (χ0) is 15.5. The van der Waals surface area contributed by atoms with Crippen molar-refractivity contribution in [2.45, 2.75) is 19.8 Å². The molecule has 0 atom stereocenters. The van der Waals surface area contributed by atoms with Gasteiger partial charge in [0.05, 0.1) is 12.7 Å². The third kappa shape index (κ3) is 2.60. The van der Waals surface area contributed by atoms with Crippen LogP contribution in [0.15, 0.2) is 48.9 Å². The summed E-state index contributed by atoms with van der Waals surface area (Å²) in [5.41, 5.74) is 4.63. The number of benzene rings is 1. The maximum Gasteiger partial charge on any atom is 0.339 e. The maximum atomic E-state index is 11.8. The highest BCUT2D eigenvalue weighted by atomic mass is 16.5. The van der Waals surface area contributed by atoms with Crippen molar-refractivity contribution >= 4 is 11.6 Å². The molecule has 3 rings (SSSR count). The van der Waals surface area contributed by atoms with Crippen LogP contribution in [0.25, 0.3) is 16.8 Å². The molecule has 0 aliphatic carbocycles. The number of carbonyl (C=O) groups excluding carboxylic acids is 1. The highest BCUT2D eigenvalue weighted by molar-refractivity contribution is 5.92. The molecule has 0 aliphatic rings. The van der Waals surface area contributed by atoms with Crippen molar-refractivity contribution < 1.29 is 9.53 Å². The van der Waals surface area contributed by atoms with Crippen molar-refractivity contribution in [3.05, 3.63) is 60.0 Å². The van der Waals surface area contributed by atoms with Crippen LogP contribution in [0, 0.1) is 0 Å². The van der Waals surface area contributed by atoms with E-state index in [1.54, 1.807) is 12.4 Å². The number of hydrogen-bond acceptors (Lipinski definition) is 3. The van der Waals surface area contributed by atoms with Crippen LogP contribution in [0.5, 0.6) is 0 Å². The van der Waals surface area contributed by atoms with E-state index in [-0.39, 0.29) is 5.97 Å². The van der Waals surface area contributed by atoms with E-state index in [4.69, 9.17) is 4.74 Å². The summed E-state index contributed by atoms with van der Waals surface area (Å²) in [4.78, 5) is 16.2. The maximum absolute atomic E-state index is 11.8. The molecule has 0 N–H and O–H groups in total. The molecule has 1 aromatic carbocycles. The second kappa shape index (κ2) is 6.02. The molecule has 112 valence electrons. The van der Waals surface area contributed by atoms with Gasteiger partial charge in [-0.1, -0.05) is 37.6 Å². The third-order valence-corrected chi connectivity index (χ3v) is 3.71. The van der Waals surface area contributed by atoms with E-state index in [1.165, 1.54) is 12.7 Å². The molecule has 2 heterocycles. The molecule has 4 heteroatoms. The number of aromatic nitrogens is 2. The van der Waals surface area contributed by atoms with Gasteiger partial charge in [-0.3, -0.25) is 0 Å². The molecule has 0 bridgehead atoms. The largest absolute Gasteiger partial charge is 0.465 e. The first-order valence-electron chi connectivity index (χ1n) is 7.37. The molecule has 0 amide bonds. The first-order chi connectivity index (χ1) is 10.7. The van der Waals surface area contributed by atoms with E-state index in [0.29, 0.717) is 5.56 Å². The zero-order valence-corrected chi connectivity index (χ0v) is 12.7. The lowest BCUT2D eigenvalue weighted by molar-refractivity contribution is 0.0600. The van der Waals surface area contributed by atoms with Crippen molar-refractivity contribution in [2.24, 2.45) is 0 Å². The molecule has 0 spiro atoms. The lowest BCUT2D eigenvalue weighted by Crippen LogP contribution is -2.04. The van der Waals surface area contributed by atoms with Gasteiger partial charge in [-0.15, -0.1) is 0 Å². The van der Waals surface area contributed by atoms with Gasteiger partial charge in [0, 0.05) is 24.2 Å². The summed E-state index contributed by atoms with van der Waals surface area (Å²) in [5.74, 6) is -0.348. The Morgan fingerprint density at radius 1 is 1.27 bits per heavy atom. The first kappa shape index (κ1) is 14.3. The summed E-state index contributed by atoms with van der Waals surface area (Å²) in [6.45, 7) is 2.17. The predicted molar refractivity (Wildman–Crippen MR) is 86.0 cm³/mol. The smallest absolute Gasteiger partial charge is 0.339 e. The van der Waals surface area contributed by atoms with E-state index in [2.05, 4.69) is 36.2 Å². The van der Waals surface area contributed by atoms with Crippen molar-refractivity contribution in [3.63, 3.8) is 0 Å². The Hall–Kier alpha value is -2.62. The molecule has 0 radical (unpaired) electrons. The molecule has 3 aromatic rings. The normalized spacial score (nSPS) is 10.8. The summed E-state index contributed by atoms with van der Waals surface area (Å²) in [6.07, 6.45) is 7.49. The number of esters is 1. The third-order valence-electron chi connectivity index (χ3n) is 3.71. The van der Waals surface area contributed by atoms with Crippen molar-refractivity contribution in [1.29, 1.82) is 0 Å². The number of aryl methyl sites for hydroxylation is 1. The lowest BCUT2D eigenvalue weighted by atomic mass is 10.0. The van der Waals surface area contributed by atoms with Crippen LogP contribution in [0.3, 0.4) is 0 Å². The van der Waals surface area contributed by atoms with Gasteiger partial charge in [-0.2, -0.15) is 0 Å². The van der Waals surface area contributed by atoms with Crippen molar-refractivity contribution in [3.8, 4) is 11.1 Å². The average molecular weight is 294 g/mol. The van der Waals surface area contributed by atoms with Crippen molar-refractivity contribution in [1.82, 2.24) is 9.38 Å². The van der Waals surface area contributed by atoms with Crippen LogP contribution in [0.2, 0.25) is 0 Å². The number of nitrogens with zero attached hydrogens (tertiary/aromatic N) is 2. The molecule has 2 aromatic heterocycles. The average Bonchev–Trinajstić information content (AvgIpc) is 3.03. The molecule has 22 heavy (non-hydrogen) atoms. The summed E-state index contributed by atoms with van der Waals surface area (Å²) < 4.78 is 6.68.